The number of hydrogen-bond acceptors (Lipinski definition) is 5. The second kappa shape index (κ2) is 9.23. The molecule has 0 aliphatic carbocycles. The van der Waals surface area contributed by atoms with Crippen molar-refractivity contribution < 1.29 is 19.0 Å². The molecule has 0 fully saturated rings. The van der Waals surface area contributed by atoms with Gasteiger partial charge in [0.1, 0.15) is 12.6 Å². The Morgan fingerprint density at radius 2 is 1.81 bits per heavy atom. The van der Waals surface area contributed by atoms with Crippen LogP contribution in [-0.4, -0.2) is 38.4 Å². The molecule has 1 aromatic rings. The Morgan fingerprint density at radius 3 is 2.33 bits per heavy atom. The summed E-state index contributed by atoms with van der Waals surface area (Å²) in [6.45, 7) is 6.80. The molecule has 1 unspecified atom stereocenters. The van der Waals surface area contributed by atoms with Crippen LogP contribution in [0, 0.1) is 0 Å². The molecule has 0 aliphatic rings. The molecule has 5 nitrogen and oxygen atoms in total. The highest BCUT2D eigenvalue weighted by Crippen LogP contribution is 2.26. The monoisotopic (exact) mass is 295 g/mol. The molecule has 0 radical (unpaired) electrons. The number of esters is 1. The number of hydrogen-bond donors (Lipinski definition) is 1. The molecule has 0 aliphatic heterocycles. The lowest BCUT2D eigenvalue weighted by molar-refractivity contribution is -0.144. The van der Waals surface area contributed by atoms with E-state index in [1.165, 1.54) is 7.11 Å². The van der Waals surface area contributed by atoms with Crippen molar-refractivity contribution in [1.29, 1.82) is 0 Å². The molecule has 21 heavy (non-hydrogen) atoms. The van der Waals surface area contributed by atoms with Crippen molar-refractivity contribution in [3.63, 3.8) is 0 Å². The van der Waals surface area contributed by atoms with Gasteiger partial charge in [-0.1, -0.05) is 32.9 Å². The van der Waals surface area contributed by atoms with E-state index in [1.807, 2.05) is 45.0 Å². The molecule has 0 heterocycles. The van der Waals surface area contributed by atoms with Gasteiger partial charge in [-0.2, -0.15) is 0 Å². The normalized spacial score (nSPS) is 12.0. The van der Waals surface area contributed by atoms with Crippen LogP contribution in [0.3, 0.4) is 0 Å². The van der Waals surface area contributed by atoms with E-state index in [0.717, 1.165) is 6.42 Å². The van der Waals surface area contributed by atoms with Gasteiger partial charge in [-0.3, -0.25) is 10.1 Å². The standard InChI is InChI=1S/C16H25NO4/c1-5-10-20-14-8-6-7-9-15(14)21-11-13(16(18)19-4)17-12(2)3/h6-9,12-13,17H,5,10-11H2,1-4H3. The quantitative estimate of drug-likeness (QED) is 0.709. The van der Waals surface area contributed by atoms with Gasteiger partial charge in [0.05, 0.1) is 13.7 Å². The van der Waals surface area contributed by atoms with Crippen molar-refractivity contribution in [3.05, 3.63) is 24.3 Å². The molecule has 0 aromatic heterocycles. The van der Waals surface area contributed by atoms with Crippen LogP contribution in [0.1, 0.15) is 27.2 Å². The van der Waals surface area contributed by atoms with Crippen LogP contribution in [0.2, 0.25) is 0 Å². The number of carbonyl (C=O) groups is 1. The second-order valence-corrected chi connectivity index (χ2v) is 5.00. The number of carbonyl (C=O) groups excluding carboxylic acids is 1. The molecule has 1 atom stereocenters. The van der Waals surface area contributed by atoms with Gasteiger partial charge in [-0.15, -0.1) is 0 Å². The average molecular weight is 295 g/mol. The zero-order valence-corrected chi connectivity index (χ0v) is 13.2. The third kappa shape index (κ3) is 6.04. The summed E-state index contributed by atoms with van der Waals surface area (Å²) in [5, 5.41) is 3.12. The van der Waals surface area contributed by atoms with E-state index in [2.05, 4.69) is 5.32 Å². The van der Waals surface area contributed by atoms with E-state index in [9.17, 15) is 4.79 Å². The number of nitrogens with one attached hydrogen (secondary N) is 1. The first-order chi connectivity index (χ1) is 10.1. The van der Waals surface area contributed by atoms with Crippen LogP contribution >= 0.6 is 0 Å². The lowest BCUT2D eigenvalue weighted by Crippen LogP contribution is -2.45. The summed E-state index contributed by atoms with van der Waals surface area (Å²) in [5.74, 6) is 0.980. The fraction of sp³-hybridized carbons (Fsp3) is 0.562. The van der Waals surface area contributed by atoms with Crippen LogP contribution < -0.4 is 14.8 Å². The van der Waals surface area contributed by atoms with Crippen molar-refractivity contribution in [3.8, 4) is 11.5 Å². The maximum Gasteiger partial charge on any atom is 0.326 e. The fourth-order valence-corrected chi connectivity index (χ4v) is 1.80. The average Bonchev–Trinajstić information content (AvgIpc) is 2.49. The van der Waals surface area contributed by atoms with Crippen LogP contribution in [0.15, 0.2) is 24.3 Å². The third-order valence-electron chi connectivity index (χ3n) is 2.74. The molecule has 0 bridgehead atoms. The van der Waals surface area contributed by atoms with E-state index in [-0.39, 0.29) is 18.6 Å². The summed E-state index contributed by atoms with van der Waals surface area (Å²) in [7, 11) is 1.37. The van der Waals surface area contributed by atoms with Crippen LogP contribution in [-0.2, 0) is 9.53 Å². The predicted octanol–water partition coefficient (Wildman–Crippen LogP) is 2.39. The Bertz CT molecular complexity index is 434. The van der Waals surface area contributed by atoms with Gasteiger partial charge in [0, 0.05) is 6.04 Å². The van der Waals surface area contributed by atoms with Gasteiger partial charge in [0.25, 0.3) is 0 Å². The number of benzene rings is 1. The van der Waals surface area contributed by atoms with E-state index in [4.69, 9.17) is 14.2 Å². The number of rotatable bonds is 9. The van der Waals surface area contributed by atoms with Crippen molar-refractivity contribution in [2.75, 3.05) is 20.3 Å². The zero-order valence-electron chi connectivity index (χ0n) is 13.2. The minimum atomic E-state index is -0.505. The molecule has 0 spiro atoms. The Morgan fingerprint density at radius 1 is 1.19 bits per heavy atom. The summed E-state index contributed by atoms with van der Waals surface area (Å²) in [6.07, 6.45) is 0.925. The largest absolute Gasteiger partial charge is 0.490 e. The third-order valence-corrected chi connectivity index (χ3v) is 2.74. The first kappa shape index (κ1) is 17.3. The number of para-hydroxylation sites is 2. The van der Waals surface area contributed by atoms with Crippen molar-refractivity contribution >= 4 is 5.97 Å². The number of methoxy groups -OCH3 is 1. The topological polar surface area (TPSA) is 56.8 Å². The second-order valence-electron chi connectivity index (χ2n) is 5.00. The predicted molar refractivity (Wildman–Crippen MR) is 81.8 cm³/mol. The molecule has 118 valence electrons. The number of ether oxygens (including phenoxy) is 3. The molecular formula is C16H25NO4. The molecule has 0 amide bonds. The smallest absolute Gasteiger partial charge is 0.326 e. The first-order valence-corrected chi connectivity index (χ1v) is 7.27. The van der Waals surface area contributed by atoms with Crippen LogP contribution in [0.25, 0.3) is 0 Å². The maximum absolute atomic E-state index is 11.7. The van der Waals surface area contributed by atoms with E-state index < -0.39 is 6.04 Å². The van der Waals surface area contributed by atoms with Gasteiger partial charge in [-0.05, 0) is 18.6 Å². The van der Waals surface area contributed by atoms with Gasteiger partial charge < -0.3 is 14.2 Å². The Balaban J connectivity index is 2.68. The fourth-order valence-electron chi connectivity index (χ4n) is 1.80. The molecule has 5 heteroatoms. The van der Waals surface area contributed by atoms with Gasteiger partial charge in [-0.25, -0.2) is 0 Å². The van der Waals surface area contributed by atoms with Crippen LogP contribution in [0.5, 0.6) is 11.5 Å². The molecule has 0 saturated heterocycles. The highest BCUT2D eigenvalue weighted by molar-refractivity contribution is 5.75. The lowest BCUT2D eigenvalue weighted by Gasteiger charge is -2.20. The van der Waals surface area contributed by atoms with Gasteiger partial charge >= 0.3 is 5.97 Å². The highest BCUT2D eigenvalue weighted by atomic mass is 16.5. The summed E-state index contributed by atoms with van der Waals surface area (Å²) < 4.78 is 16.1. The summed E-state index contributed by atoms with van der Waals surface area (Å²) in [4.78, 5) is 11.7. The Kier molecular flexibility index (Phi) is 7.61. The summed E-state index contributed by atoms with van der Waals surface area (Å²) in [5.41, 5.74) is 0. The van der Waals surface area contributed by atoms with Gasteiger partial charge in [0.2, 0.25) is 0 Å². The summed E-state index contributed by atoms with van der Waals surface area (Å²) >= 11 is 0. The van der Waals surface area contributed by atoms with Crippen molar-refractivity contribution in [2.45, 2.75) is 39.3 Å². The van der Waals surface area contributed by atoms with E-state index >= 15 is 0 Å². The Hall–Kier alpha value is -1.75. The SMILES string of the molecule is CCCOc1ccccc1OCC(NC(C)C)C(=O)OC. The molecular weight excluding hydrogens is 270 g/mol. The highest BCUT2D eigenvalue weighted by Gasteiger charge is 2.21. The molecule has 1 aromatic carbocycles. The van der Waals surface area contributed by atoms with Crippen molar-refractivity contribution in [2.24, 2.45) is 0 Å². The minimum absolute atomic E-state index is 0.157. The first-order valence-electron chi connectivity index (χ1n) is 7.27. The lowest BCUT2D eigenvalue weighted by atomic mass is 10.2. The Labute approximate surface area is 126 Å². The van der Waals surface area contributed by atoms with Crippen molar-refractivity contribution in [1.82, 2.24) is 5.32 Å². The van der Waals surface area contributed by atoms with E-state index in [0.29, 0.717) is 18.1 Å². The molecule has 1 rings (SSSR count). The minimum Gasteiger partial charge on any atom is -0.490 e. The molecule has 1 N–H and O–H groups in total. The van der Waals surface area contributed by atoms with Crippen LogP contribution in [0.4, 0.5) is 0 Å². The molecule has 0 saturated carbocycles. The summed E-state index contributed by atoms with van der Waals surface area (Å²) in [6, 6.07) is 7.10. The van der Waals surface area contributed by atoms with E-state index in [1.54, 1.807) is 0 Å². The zero-order chi connectivity index (χ0) is 15.7. The maximum atomic E-state index is 11.7. The van der Waals surface area contributed by atoms with Gasteiger partial charge in [0.15, 0.2) is 11.5 Å².